The number of carbonyl (C=O) groups excluding carboxylic acids is 4. The van der Waals surface area contributed by atoms with Crippen molar-refractivity contribution in [1.82, 2.24) is 0 Å². The van der Waals surface area contributed by atoms with E-state index in [9.17, 15) is 43.2 Å². The third kappa shape index (κ3) is 73.8. The van der Waals surface area contributed by atoms with Gasteiger partial charge in [-0.3, -0.25) is 37.3 Å². The van der Waals surface area contributed by atoms with Gasteiger partial charge in [0.25, 0.3) is 0 Å². The molecule has 0 aromatic rings. The Bertz CT molecular complexity index is 2410. The lowest BCUT2D eigenvalue weighted by atomic mass is 10.0. The van der Waals surface area contributed by atoms with Gasteiger partial charge < -0.3 is 33.8 Å². The first-order valence-electron chi connectivity index (χ1n) is 39.8. The molecule has 0 fully saturated rings. The van der Waals surface area contributed by atoms with Crippen molar-refractivity contribution in [2.75, 3.05) is 39.6 Å². The number of rotatable bonds is 74. The second-order valence-electron chi connectivity index (χ2n) is 26.3. The number of unbranched alkanes of at least 4 members (excludes halogenated alkanes) is 28. The van der Waals surface area contributed by atoms with Gasteiger partial charge in [-0.1, -0.05) is 316 Å². The fourth-order valence-electron chi connectivity index (χ4n) is 10.4. The number of aliphatic hydroxyl groups excluding tert-OH is 1. The minimum absolute atomic E-state index is 0.0354. The molecule has 19 heteroatoms. The van der Waals surface area contributed by atoms with Gasteiger partial charge in [-0.15, -0.1) is 0 Å². The minimum Gasteiger partial charge on any atom is -0.462 e. The summed E-state index contributed by atoms with van der Waals surface area (Å²) in [6.45, 7) is 4.61. The molecule has 0 heterocycles. The molecule has 0 rings (SSSR count). The monoisotopic (exact) mass is 1470 g/mol. The van der Waals surface area contributed by atoms with Gasteiger partial charge in [0, 0.05) is 25.7 Å². The minimum atomic E-state index is -4.99. The number of carbonyl (C=O) groups is 4. The van der Waals surface area contributed by atoms with E-state index in [0.717, 1.165) is 109 Å². The highest BCUT2D eigenvalue weighted by atomic mass is 31.2. The molecule has 0 aliphatic heterocycles. The highest BCUT2D eigenvalue weighted by molar-refractivity contribution is 7.47. The van der Waals surface area contributed by atoms with Crippen molar-refractivity contribution in [2.45, 2.75) is 341 Å². The average molecular weight is 1470 g/mol. The number of aliphatic hydroxyl groups is 1. The van der Waals surface area contributed by atoms with E-state index in [1.165, 1.54) is 122 Å². The van der Waals surface area contributed by atoms with Crippen LogP contribution in [0.5, 0.6) is 0 Å². The molecule has 0 saturated carbocycles. The first-order valence-corrected chi connectivity index (χ1v) is 42.8. The number of esters is 4. The molecule has 0 spiro atoms. The van der Waals surface area contributed by atoms with Crippen LogP contribution in [0.4, 0.5) is 0 Å². The Morgan fingerprint density at radius 3 is 0.873 bits per heavy atom. The van der Waals surface area contributed by atoms with E-state index in [4.69, 9.17) is 37.0 Å². The zero-order chi connectivity index (χ0) is 74.6. The van der Waals surface area contributed by atoms with Crippen LogP contribution in [0.1, 0.15) is 323 Å². The molecular formula is C83H142O17P2. The van der Waals surface area contributed by atoms with Gasteiger partial charge in [-0.25, -0.2) is 9.13 Å². The molecule has 0 radical (unpaired) electrons. The molecule has 0 aromatic carbocycles. The van der Waals surface area contributed by atoms with Gasteiger partial charge in [0.15, 0.2) is 12.2 Å². The van der Waals surface area contributed by atoms with Crippen molar-refractivity contribution in [3.63, 3.8) is 0 Å². The average Bonchev–Trinajstić information content (AvgIpc) is 0.909. The molecule has 0 aliphatic carbocycles. The Kier molecular flexibility index (Phi) is 71.4. The summed E-state index contributed by atoms with van der Waals surface area (Å²) in [4.78, 5) is 72.9. The van der Waals surface area contributed by atoms with E-state index in [2.05, 4.69) is 119 Å². The smallest absolute Gasteiger partial charge is 0.462 e. The molecule has 0 aromatic heterocycles. The summed E-state index contributed by atoms with van der Waals surface area (Å²) < 4.78 is 68.4. The topological polar surface area (TPSA) is 237 Å². The number of hydrogen-bond acceptors (Lipinski definition) is 15. The lowest BCUT2D eigenvalue weighted by Gasteiger charge is -2.21. The standard InChI is InChI=1S/C83H142O17P2/c1-5-9-13-17-21-25-29-33-35-37-38-40-42-46-48-52-56-60-64-68-81(86)94-74-79(100-83(88)70-66-62-58-54-50-44-32-28-24-20-16-12-8-4)76-98-102(91,92)96-72-77(84)71-95-101(89,90)97-75-78(99-82(87)69-65-61-57-53-49-43-31-27-23-19-15-11-7-3)73-93-80(85)67-63-59-55-51-47-45-41-39-36-34-30-26-22-18-14-10-6-2/h9,13,21-22,25-26,33-36,38,40-41,45-46,48,51,55-56,60,77-79,84H,5-8,10-12,14-20,23-24,27-32,37,39,42-44,47,49-50,52-54,57-59,61-76H2,1-4H3,(H,89,90)(H,91,92)/b13-9-,25-21-,26-22-,35-33-,36-34-,40-38-,45-41-,48-46-,55-51-,60-56-/t77-,78+,79+/m0/s1. The first kappa shape index (κ1) is 97.5. The van der Waals surface area contributed by atoms with Gasteiger partial charge in [0.05, 0.1) is 26.4 Å². The second kappa shape index (κ2) is 74.7. The molecule has 0 amide bonds. The maximum atomic E-state index is 13.1. The van der Waals surface area contributed by atoms with E-state index in [1.54, 1.807) is 0 Å². The summed E-state index contributed by atoms with van der Waals surface area (Å²) in [6, 6.07) is 0. The molecule has 0 saturated heterocycles. The van der Waals surface area contributed by atoms with Crippen LogP contribution in [0.2, 0.25) is 0 Å². The zero-order valence-corrected chi connectivity index (χ0v) is 65.8. The summed E-state index contributed by atoms with van der Waals surface area (Å²) in [7, 11) is -9.98. The fraction of sp³-hybridized carbons (Fsp3) is 0.711. The molecule has 102 heavy (non-hydrogen) atoms. The normalized spacial score (nSPS) is 14.5. The number of phosphoric acid groups is 2. The van der Waals surface area contributed by atoms with Crippen molar-refractivity contribution >= 4 is 39.5 Å². The molecule has 5 atom stereocenters. The Morgan fingerprint density at radius 2 is 0.539 bits per heavy atom. The van der Waals surface area contributed by atoms with Crippen LogP contribution in [-0.2, 0) is 65.4 Å². The van der Waals surface area contributed by atoms with Gasteiger partial charge in [-0.05, 0) is 103 Å². The van der Waals surface area contributed by atoms with Crippen molar-refractivity contribution in [1.29, 1.82) is 0 Å². The molecule has 3 N–H and O–H groups in total. The number of hydrogen-bond donors (Lipinski definition) is 3. The van der Waals surface area contributed by atoms with Crippen LogP contribution in [-0.4, -0.2) is 96.7 Å². The van der Waals surface area contributed by atoms with Crippen molar-refractivity contribution in [3.8, 4) is 0 Å². The van der Waals surface area contributed by atoms with Crippen LogP contribution >= 0.6 is 15.6 Å². The Morgan fingerprint density at radius 1 is 0.284 bits per heavy atom. The lowest BCUT2D eigenvalue weighted by Crippen LogP contribution is -2.30. The number of ether oxygens (including phenoxy) is 4. The van der Waals surface area contributed by atoms with Crippen LogP contribution < -0.4 is 0 Å². The molecule has 2 unspecified atom stereocenters. The third-order valence-electron chi connectivity index (χ3n) is 16.5. The fourth-order valence-corrected chi connectivity index (χ4v) is 12.0. The van der Waals surface area contributed by atoms with E-state index in [1.807, 2.05) is 30.4 Å². The van der Waals surface area contributed by atoms with Crippen molar-refractivity contribution in [2.24, 2.45) is 0 Å². The van der Waals surface area contributed by atoms with E-state index in [0.29, 0.717) is 38.5 Å². The summed E-state index contributed by atoms with van der Waals surface area (Å²) in [5.74, 6) is -2.32. The van der Waals surface area contributed by atoms with Gasteiger partial charge in [-0.2, -0.15) is 0 Å². The van der Waals surface area contributed by atoms with Crippen LogP contribution in [0, 0.1) is 0 Å². The summed E-state index contributed by atoms with van der Waals surface area (Å²) >= 11 is 0. The van der Waals surface area contributed by atoms with Crippen molar-refractivity contribution < 1.29 is 80.2 Å². The summed E-state index contributed by atoms with van der Waals surface area (Å²) in [6.07, 6.45) is 82.0. The van der Waals surface area contributed by atoms with Crippen LogP contribution in [0.15, 0.2) is 122 Å². The quantitative estimate of drug-likeness (QED) is 0.0169. The molecule has 0 bridgehead atoms. The third-order valence-corrected chi connectivity index (χ3v) is 18.4. The predicted molar refractivity (Wildman–Crippen MR) is 418 cm³/mol. The molecule has 586 valence electrons. The van der Waals surface area contributed by atoms with Crippen LogP contribution in [0.3, 0.4) is 0 Å². The van der Waals surface area contributed by atoms with Gasteiger partial charge in [0.2, 0.25) is 0 Å². The highest BCUT2D eigenvalue weighted by Gasteiger charge is 2.30. The maximum Gasteiger partial charge on any atom is 0.472 e. The largest absolute Gasteiger partial charge is 0.472 e. The highest BCUT2D eigenvalue weighted by Crippen LogP contribution is 2.45. The van der Waals surface area contributed by atoms with E-state index >= 15 is 0 Å². The van der Waals surface area contributed by atoms with Crippen LogP contribution in [0.25, 0.3) is 0 Å². The van der Waals surface area contributed by atoms with E-state index < -0.39 is 97.5 Å². The Hall–Kier alpha value is -4.54. The van der Waals surface area contributed by atoms with E-state index in [-0.39, 0.29) is 25.7 Å². The summed E-state index contributed by atoms with van der Waals surface area (Å²) in [5, 5.41) is 10.6. The predicted octanol–water partition coefficient (Wildman–Crippen LogP) is 23.1. The van der Waals surface area contributed by atoms with Crippen molar-refractivity contribution in [3.05, 3.63) is 122 Å². The second-order valence-corrected chi connectivity index (χ2v) is 29.2. The first-order chi connectivity index (χ1) is 49.7. The number of phosphoric ester groups is 2. The van der Waals surface area contributed by atoms with Gasteiger partial charge >= 0.3 is 39.5 Å². The van der Waals surface area contributed by atoms with Gasteiger partial charge in [0.1, 0.15) is 19.3 Å². The molecule has 0 aliphatic rings. The molecular weight excluding hydrogens is 1330 g/mol. The SMILES string of the molecule is CC/C=C\C/C=C\C/C=C\C/C=C\C/C=C\C/C=C\CCC(=O)OC[C@H](COP(=O)(O)OC[C@@H](O)COP(=O)(O)OC[C@@H](COC(=O)CCC/C=C\C/C=C\C/C=C\C/C=C\CCCCC)OC(=O)CCCCCCCCCCCCCCC)OC(=O)CCCCCCCCCCCCCCC. The summed E-state index contributed by atoms with van der Waals surface area (Å²) in [5.41, 5.74) is 0. The zero-order valence-electron chi connectivity index (χ0n) is 64.0. The number of allylic oxidation sites excluding steroid dienone is 20. The maximum absolute atomic E-state index is 13.1. The Labute approximate surface area is 619 Å². The lowest BCUT2D eigenvalue weighted by molar-refractivity contribution is -0.161. The Balaban J connectivity index is 5.43. The molecule has 17 nitrogen and oxygen atoms in total.